The number of hydrogen-bond acceptors (Lipinski definition) is 6. The van der Waals surface area contributed by atoms with Crippen LogP contribution < -0.4 is 16.8 Å². The Labute approximate surface area is 151 Å². The van der Waals surface area contributed by atoms with Gasteiger partial charge >= 0.3 is 5.76 Å². The lowest BCUT2D eigenvalue weighted by Crippen LogP contribution is -2.26. The molecule has 1 aliphatic rings. The molecule has 0 spiro atoms. The molecule has 3 aromatic rings. The van der Waals surface area contributed by atoms with Crippen LogP contribution in [0.2, 0.25) is 0 Å². The summed E-state index contributed by atoms with van der Waals surface area (Å²) in [5.41, 5.74) is 7.47. The Kier molecular flexibility index (Phi) is 4.08. The number of nitrogens with one attached hydrogen (secondary N) is 1. The Morgan fingerprint density at radius 2 is 2.15 bits per heavy atom. The summed E-state index contributed by atoms with van der Waals surface area (Å²) < 4.78 is 6.23. The number of aromatic nitrogens is 2. The van der Waals surface area contributed by atoms with Crippen molar-refractivity contribution in [1.29, 1.82) is 0 Å². The molecule has 4 rings (SSSR count). The van der Waals surface area contributed by atoms with Gasteiger partial charge in [-0.05, 0) is 43.4 Å². The van der Waals surface area contributed by atoms with Crippen LogP contribution in [0.1, 0.15) is 33.6 Å². The van der Waals surface area contributed by atoms with Gasteiger partial charge in [0.25, 0.3) is 5.91 Å². The summed E-state index contributed by atoms with van der Waals surface area (Å²) in [5.74, 6) is -1.65. The van der Waals surface area contributed by atoms with Crippen molar-refractivity contribution in [1.82, 2.24) is 9.55 Å². The van der Waals surface area contributed by atoms with Crippen molar-refractivity contribution in [2.75, 3.05) is 5.32 Å². The van der Waals surface area contributed by atoms with Crippen LogP contribution in [-0.4, -0.2) is 21.4 Å². The number of thiophene rings is 1. The molecule has 0 saturated carbocycles. The molecule has 3 heterocycles. The number of aryl methyl sites for hydroxylation is 1. The molecule has 3 aromatic heterocycles. The minimum Gasteiger partial charge on any atom is -0.406 e. The lowest BCUT2D eigenvalue weighted by molar-refractivity contribution is -0.116. The van der Waals surface area contributed by atoms with Crippen molar-refractivity contribution in [2.45, 2.75) is 32.2 Å². The van der Waals surface area contributed by atoms with Crippen molar-refractivity contribution in [2.24, 2.45) is 5.73 Å². The summed E-state index contributed by atoms with van der Waals surface area (Å²) in [4.78, 5) is 41.5. The summed E-state index contributed by atoms with van der Waals surface area (Å²) in [7, 11) is 0. The SMILES string of the molecule is NC(=O)c1c(NC(=O)Cn2c(=O)oc3cccnc32)sc2c1CCCC2. The van der Waals surface area contributed by atoms with E-state index >= 15 is 0 Å². The van der Waals surface area contributed by atoms with E-state index < -0.39 is 17.6 Å². The highest BCUT2D eigenvalue weighted by Crippen LogP contribution is 2.37. The van der Waals surface area contributed by atoms with E-state index in [9.17, 15) is 14.4 Å². The molecule has 8 nitrogen and oxygen atoms in total. The number of pyridine rings is 1. The number of oxazole rings is 1. The molecule has 26 heavy (non-hydrogen) atoms. The second-order valence-corrected chi connectivity index (χ2v) is 7.21. The first-order valence-corrected chi connectivity index (χ1v) is 9.05. The van der Waals surface area contributed by atoms with Gasteiger partial charge in [0.15, 0.2) is 11.2 Å². The van der Waals surface area contributed by atoms with Crippen LogP contribution in [0.3, 0.4) is 0 Å². The van der Waals surface area contributed by atoms with Gasteiger partial charge < -0.3 is 15.5 Å². The molecule has 0 atom stereocenters. The molecule has 0 fully saturated rings. The predicted octanol–water partition coefficient (Wildman–Crippen LogP) is 1.67. The molecule has 0 aromatic carbocycles. The van der Waals surface area contributed by atoms with E-state index in [4.69, 9.17) is 10.2 Å². The van der Waals surface area contributed by atoms with E-state index in [2.05, 4.69) is 10.3 Å². The van der Waals surface area contributed by atoms with Crippen molar-refractivity contribution < 1.29 is 14.0 Å². The van der Waals surface area contributed by atoms with Crippen molar-refractivity contribution >= 4 is 39.4 Å². The van der Waals surface area contributed by atoms with Gasteiger partial charge in [-0.3, -0.25) is 9.59 Å². The average molecular weight is 372 g/mol. The Hall–Kier alpha value is -2.94. The molecule has 0 radical (unpaired) electrons. The quantitative estimate of drug-likeness (QED) is 0.722. The normalized spacial score (nSPS) is 13.5. The Bertz CT molecular complexity index is 1080. The zero-order chi connectivity index (χ0) is 18.3. The molecular weight excluding hydrogens is 356 g/mol. The molecule has 9 heteroatoms. The maximum absolute atomic E-state index is 12.5. The highest BCUT2D eigenvalue weighted by atomic mass is 32.1. The van der Waals surface area contributed by atoms with Crippen LogP contribution in [0.5, 0.6) is 0 Å². The molecule has 0 saturated heterocycles. The van der Waals surface area contributed by atoms with Crippen molar-refractivity contribution in [3.05, 3.63) is 44.9 Å². The van der Waals surface area contributed by atoms with E-state index in [0.29, 0.717) is 21.8 Å². The lowest BCUT2D eigenvalue weighted by Gasteiger charge is -2.11. The number of carbonyl (C=O) groups is 2. The highest BCUT2D eigenvalue weighted by Gasteiger charge is 2.25. The molecule has 1 aliphatic carbocycles. The topological polar surface area (TPSA) is 120 Å². The summed E-state index contributed by atoms with van der Waals surface area (Å²) in [6.45, 7) is -0.260. The standard InChI is InChI=1S/C17H16N4O4S/c18-14(23)13-9-4-1-2-6-11(9)26-16(13)20-12(22)8-21-15-10(25-17(21)24)5-3-7-19-15/h3,5,7H,1-2,4,6,8H2,(H2,18,23)(H,20,22). The van der Waals surface area contributed by atoms with Crippen LogP contribution in [0.15, 0.2) is 27.5 Å². The van der Waals surface area contributed by atoms with E-state index in [1.165, 1.54) is 17.5 Å². The first-order chi connectivity index (χ1) is 12.5. The second kappa shape index (κ2) is 6.41. The van der Waals surface area contributed by atoms with Gasteiger partial charge in [0.05, 0.1) is 5.56 Å². The summed E-state index contributed by atoms with van der Waals surface area (Å²) in [5, 5.41) is 3.18. The number of rotatable bonds is 4. The van der Waals surface area contributed by atoms with Gasteiger partial charge in [-0.25, -0.2) is 14.3 Å². The molecule has 0 bridgehead atoms. The molecule has 0 aliphatic heterocycles. The lowest BCUT2D eigenvalue weighted by atomic mass is 9.95. The third-order valence-corrected chi connectivity index (χ3v) is 5.60. The van der Waals surface area contributed by atoms with Gasteiger partial charge in [0, 0.05) is 11.1 Å². The fourth-order valence-corrected chi connectivity index (χ4v) is 4.57. The number of anilines is 1. The van der Waals surface area contributed by atoms with Gasteiger partial charge in [0.2, 0.25) is 5.91 Å². The van der Waals surface area contributed by atoms with E-state index in [-0.39, 0.29) is 6.54 Å². The Morgan fingerprint density at radius 1 is 1.35 bits per heavy atom. The predicted molar refractivity (Wildman–Crippen MR) is 96.4 cm³/mol. The first-order valence-electron chi connectivity index (χ1n) is 8.23. The maximum Gasteiger partial charge on any atom is 0.421 e. The first kappa shape index (κ1) is 16.5. The summed E-state index contributed by atoms with van der Waals surface area (Å²) >= 11 is 1.38. The van der Waals surface area contributed by atoms with Gasteiger partial charge in [0.1, 0.15) is 11.5 Å². The number of nitrogens with two attached hydrogens (primary N) is 1. The van der Waals surface area contributed by atoms with Gasteiger partial charge in [-0.2, -0.15) is 0 Å². The monoisotopic (exact) mass is 372 g/mol. The van der Waals surface area contributed by atoms with E-state index in [0.717, 1.165) is 40.7 Å². The van der Waals surface area contributed by atoms with E-state index in [1.54, 1.807) is 12.1 Å². The van der Waals surface area contributed by atoms with Crippen molar-refractivity contribution in [3.63, 3.8) is 0 Å². The number of hydrogen-bond donors (Lipinski definition) is 2. The molecular formula is C17H16N4O4S. The minimum absolute atomic E-state index is 0.260. The number of nitrogens with zero attached hydrogens (tertiary/aromatic N) is 2. The molecule has 3 N–H and O–H groups in total. The van der Waals surface area contributed by atoms with Gasteiger partial charge in [-0.15, -0.1) is 11.3 Å². The largest absolute Gasteiger partial charge is 0.421 e. The van der Waals surface area contributed by atoms with Crippen LogP contribution in [0, 0.1) is 0 Å². The third kappa shape index (κ3) is 2.80. The van der Waals surface area contributed by atoms with Crippen LogP contribution in [0.4, 0.5) is 5.00 Å². The Morgan fingerprint density at radius 3 is 2.96 bits per heavy atom. The zero-order valence-electron chi connectivity index (χ0n) is 13.8. The molecule has 2 amide bonds. The fraction of sp³-hybridized carbons (Fsp3) is 0.294. The molecule has 134 valence electrons. The van der Waals surface area contributed by atoms with Crippen LogP contribution in [0.25, 0.3) is 11.2 Å². The smallest absolute Gasteiger partial charge is 0.406 e. The van der Waals surface area contributed by atoms with Crippen LogP contribution in [-0.2, 0) is 24.2 Å². The van der Waals surface area contributed by atoms with E-state index in [1.807, 2.05) is 0 Å². The number of amides is 2. The zero-order valence-corrected chi connectivity index (χ0v) is 14.6. The average Bonchev–Trinajstić information content (AvgIpc) is 3.12. The number of primary amides is 1. The van der Waals surface area contributed by atoms with Crippen LogP contribution >= 0.6 is 11.3 Å². The maximum atomic E-state index is 12.5. The molecule has 0 unspecified atom stereocenters. The fourth-order valence-electron chi connectivity index (χ4n) is 3.26. The second-order valence-electron chi connectivity index (χ2n) is 6.11. The number of fused-ring (bicyclic) bond motifs is 2. The number of carbonyl (C=O) groups excluding carboxylic acids is 2. The summed E-state index contributed by atoms with van der Waals surface area (Å²) in [6.07, 6.45) is 5.24. The van der Waals surface area contributed by atoms with Gasteiger partial charge in [-0.1, -0.05) is 0 Å². The van der Waals surface area contributed by atoms with Crippen molar-refractivity contribution in [3.8, 4) is 0 Å². The minimum atomic E-state index is -0.658. The third-order valence-electron chi connectivity index (χ3n) is 4.40. The Balaban J connectivity index is 1.63. The highest BCUT2D eigenvalue weighted by molar-refractivity contribution is 7.17. The summed E-state index contributed by atoms with van der Waals surface area (Å²) in [6, 6.07) is 3.25.